The number of anilines is 1. The van der Waals surface area contributed by atoms with Crippen LogP contribution in [0.1, 0.15) is 12.8 Å². The topological polar surface area (TPSA) is 46.0 Å². The predicted octanol–water partition coefficient (Wildman–Crippen LogP) is 2.43. The number of aromatic nitrogens is 3. The van der Waals surface area contributed by atoms with Crippen molar-refractivity contribution in [2.45, 2.75) is 18.9 Å². The van der Waals surface area contributed by atoms with Gasteiger partial charge in [-0.2, -0.15) is 5.10 Å². The Morgan fingerprint density at radius 3 is 2.76 bits per heavy atom. The van der Waals surface area contributed by atoms with E-state index in [1.54, 1.807) is 17.3 Å². The summed E-state index contributed by atoms with van der Waals surface area (Å²) in [6, 6.07) is 6.35. The van der Waals surface area contributed by atoms with Crippen molar-refractivity contribution in [3.05, 3.63) is 35.9 Å². The van der Waals surface area contributed by atoms with Gasteiger partial charge in [0.2, 0.25) is 0 Å². The Balaban J connectivity index is 1.63. The van der Waals surface area contributed by atoms with E-state index in [0.29, 0.717) is 6.04 Å². The number of piperidine rings is 3. The Morgan fingerprint density at radius 2 is 2.10 bits per heavy atom. The number of halogens is 1. The third-order valence-corrected chi connectivity index (χ3v) is 4.86. The normalized spacial score (nSPS) is 27.8. The third-order valence-electron chi connectivity index (χ3n) is 4.62. The van der Waals surface area contributed by atoms with E-state index < -0.39 is 0 Å². The van der Waals surface area contributed by atoms with E-state index in [-0.39, 0.29) is 0 Å². The van der Waals surface area contributed by atoms with Crippen LogP contribution in [0.5, 0.6) is 0 Å². The van der Waals surface area contributed by atoms with Gasteiger partial charge < -0.3 is 10.2 Å². The van der Waals surface area contributed by atoms with E-state index in [4.69, 9.17) is 11.6 Å². The largest absolute Gasteiger partial charge is 0.379 e. The van der Waals surface area contributed by atoms with Gasteiger partial charge in [0.1, 0.15) is 12.7 Å². The minimum absolute atomic E-state index is 0.494. The molecule has 3 fully saturated rings. The molecular weight excluding hydrogens is 286 g/mol. The van der Waals surface area contributed by atoms with Crippen LogP contribution < -0.4 is 5.32 Å². The van der Waals surface area contributed by atoms with Gasteiger partial charge in [-0.3, -0.25) is 0 Å². The molecule has 21 heavy (non-hydrogen) atoms. The zero-order valence-corrected chi connectivity index (χ0v) is 12.5. The highest BCUT2D eigenvalue weighted by Crippen LogP contribution is 2.32. The van der Waals surface area contributed by atoms with Gasteiger partial charge in [0, 0.05) is 17.6 Å². The lowest BCUT2D eigenvalue weighted by atomic mass is 9.84. The molecule has 0 radical (unpaired) electrons. The van der Waals surface area contributed by atoms with Crippen molar-refractivity contribution in [3.8, 4) is 5.69 Å². The summed E-state index contributed by atoms with van der Waals surface area (Å²) in [7, 11) is 0. The zero-order valence-electron chi connectivity index (χ0n) is 11.7. The SMILES string of the molecule is Clc1ccc(-n2cncn2)c(NC2CN3CCC2CC3)c1. The molecule has 1 N–H and O–H groups in total. The predicted molar refractivity (Wildman–Crippen MR) is 82.9 cm³/mol. The van der Waals surface area contributed by atoms with E-state index in [0.717, 1.165) is 28.9 Å². The van der Waals surface area contributed by atoms with Gasteiger partial charge in [0.15, 0.2) is 0 Å². The van der Waals surface area contributed by atoms with Gasteiger partial charge in [0.05, 0.1) is 11.4 Å². The summed E-state index contributed by atoms with van der Waals surface area (Å²) in [5.74, 6) is 0.762. The molecular formula is C15H18ClN5. The molecule has 4 heterocycles. The maximum Gasteiger partial charge on any atom is 0.138 e. The van der Waals surface area contributed by atoms with Gasteiger partial charge in [-0.25, -0.2) is 9.67 Å². The fraction of sp³-hybridized carbons (Fsp3) is 0.467. The van der Waals surface area contributed by atoms with Gasteiger partial charge in [-0.05, 0) is 50.0 Å². The van der Waals surface area contributed by atoms with Crippen LogP contribution >= 0.6 is 11.6 Å². The van der Waals surface area contributed by atoms with Gasteiger partial charge in [0.25, 0.3) is 0 Å². The smallest absolute Gasteiger partial charge is 0.138 e. The van der Waals surface area contributed by atoms with Crippen molar-refractivity contribution in [1.82, 2.24) is 19.7 Å². The van der Waals surface area contributed by atoms with Gasteiger partial charge in [-0.1, -0.05) is 11.6 Å². The van der Waals surface area contributed by atoms with Gasteiger partial charge in [-0.15, -0.1) is 0 Å². The van der Waals surface area contributed by atoms with Crippen molar-refractivity contribution in [1.29, 1.82) is 0 Å². The summed E-state index contributed by atoms with van der Waals surface area (Å²) in [6.45, 7) is 3.61. The van der Waals surface area contributed by atoms with Crippen molar-refractivity contribution in [3.63, 3.8) is 0 Å². The van der Waals surface area contributed by atoms with E-state index in [9.17, 15) is 0 Å². The zero-order chi connectivity index (χ0) is 14.2. The molecule has 1 aromatic carbocycles. The highest BCUT2D eigenvalue weighted by molar-refractivity contribution is 6.31. The van der Waals surface area contributed by atoms with Gasteiger partial charge >= 0.3 is 0 Å². The molecule has 2 bridgehead atoms. The Hall–Kier alpha value is -1.59. The van der Waals surface area contributed by atoms with Crippen LogP contribution in [-0.4, -0.2) is 45.3 Å². The first-order valence-corrected chi connectivity index (χ1v) is 7.81. The van der Waals surface area contributed by atoms with Crippen LogP contribution in [0, 0.1) is 5.92 Å². The first-order valence-electron chi connectivity index (χ1n) is 7.43. The number of fused-ring (bicyclic) bond motifs is 3. The number of nitrogens with one attached hydrogen (secondary N) is 1. The van der Waals surface area contributed by atoms with Crippen molar-refractivity contribution in [2.24, 2.45) is 5.92 Å². The van der Waals surface area contributed by atoms with Crippen LogP contribution in [0.4, 0.5) is 5.69 Å². The molecule has 0 saturated carbocycles. The summed E-state index contributed by atoms with van der Waals surface area (Å²) in [5, 5.41) is 8.66. The van der Waals surface area contributed by atoms with Crippen LogP contribution in [0.25, 0.3) is 5.69 Å². The number of nitrogens with zero attached hydrogens (tertiary/aromatic N) is 4. The molecule has 5 rings (SSSR count). The Labute approximate surface area is 128 Å². The van der Waals surface area contributed by atoms with Crippen molar-refractivity contribution >= 4 is 17.3 Å². The molecule has 3 saturated heterocycles. The van der Waals surface area contributed by atoms with Crippen LogP contribution in [0.2, 0.25) is 5.02 Å². The highest BCUT2D eigenvalue weighted by atomic mass is 35.5. The monoisotopic (exact) mass is 303 g/mol. The van der Waals surface area contributed by atoms with E-state index in [2.05, 4.69) is 20.3 Å². The van der Waals surface area contributed by atoms with Crippen molar-refractivity contribution in [2.75, 3.05) is 25.0 Å². The molecule has 1 atom stereocenters. The first kappa shape index (κ1) is 13.1. The average molecular weight is 304 g/mol. The molecule has 0 amide bonds. The summed E-state index contributed by atoms with van der Waals surface area (Å²) >= 11 is 6.18. The van der Waals surface area contributed by atoms with Crippen LogP contribution in [0.3, 0.4) is 0 Å². The van der Waals surface area contributed by atoms with E-state index in [1.807, 2.05) is 18.2 Å². The standard InChI is InChI=1S/C15H18ClN5/c16-12-1-2-15(21-10-17-9-18-21)13(7-12)19-14-8-20-5-3-11(14)4-6-20/h1-2,7,9-11,14,19H,3-6,8H2. The second-order valence-electron chi connectivity index (χ2n) is 5.89. The number of benzene rings is 1. The fourth-order valence-electron chi connectivity index (χ4n) is 3.48. The summed E-state index contributed by atoms with van der Waals surface area (Å²) in [4.78, 5) is 6.57. The summed E-state index contributed by atoms with van der Waals surface area (Å²) in [5.41, 5.74) is 2.03. The molecule has 5 nitrogen and oxygen atoms in total. The highest BCUT2D eigenvalue weighted by Gasteiger charge is 2.34. The number of hydrogen-bond donors (Lipinski definition) is 1. The lowest BCUT2D eigenvalue weighted by Crippen LogP contribution is -2.53. The summed E-state index contributed by atoms with van der Waals surface area (Å²) < 4.78 is 1.78. The molecule has 0 spiro atoms. The first-order chi connectivity index (χ1) is 10.3. The lowest BCUT2D eigenvalue weighted by molar-refractivity contribution is 0.0975. The molecule has 1 aromatic heterocycles. The minimum atomic E-state index is 0.494. The quantitative estimate of drug-likeness (QED) is 0.946. The Kier molecular flexibility index (Phi) is 3.31. The molecule has 3 aliphatic rings. The minimum Gasteiger partial charge on any atom is -0.379 e. The molecule has 3 aliphatic heterocycles. The molecule has 1 unspecified atom stereocenters. The lowest BCUT2D eigenvalue weighted by Gasteiger charge is -2.45. The second kappa shape index (κ2) is 5.31. The Morgan fingerprint density at radius 1 is 1.24 bits per heavy atom. The van der Waals surface area contributed by atoms with E-state index >= 15 is 0 Å². The molecule has 2 aromatic rings. The maximum absolute atomic E-state index is 6.18. The Bertz CT molecular complexity index is 619. The second-order valence-corrected chi connectivity index (χ2v) is 6.33. The van der Waals surface area contributed by atoms with Crippen molar-refractivity contribution < 1.29 is 0 Å². The van der Waals surface area contributed by atoms with Crippen LogP contribution in [0.15, 0.2) is 30.9 Å². The maximum atomic E-state index is 6.18. The fourth-order valence-corrected chi connectivity index (χ4v) is 3.66. The molecule has 0 aliphatic carbocycles. The summed E-state index contributed by atoms with van der Waals surface area (Å²) in [6.07, 6.45) is 5.84. The molecule has 6 heteroatoms. The number of rotatable bonds is 3. The van der Waals surface area contributed by atoms with Crippen LogP contribution in [-0.2, 0) is 0 Å². The molecule has 110 valence electrons. The average Bonchev–Trinajstić information content (AvgIpc) is 3.03. The van der Waals surface area contributed by atoms with E-state index in [1.165, 1.54) is 25.9 Å². The number of hydrogen-bond acceptors (Lipinski definition) is 4. The third kappa shape index (κ3) is 2.51.